The second-order valence-corrected chi connectivity index (χ2v) is 6.90. The molecule has 0 bridgehead atoms. The Morgan fingerprint density at radius 1 is 1.00 bits per heavy atom. The number of carbonyl (C=O) groups is 2. The molecule has 144 valence electrons. The van der Waals surface area contributed by atoms with Crippen molar-refractivity contribution in [3.05, 3.63) is 35.9 Å². The lowest BCUT2D eigenvalue weighted by Gasteiger charge is -2.20. The van der Waals surface area contributed by atoms with E-state index in [1.807, 2.05) is 45.9 Å². The first-order valence-electron chi connectivity index (χ1n) is 8.98. The highest BCUT2D eigenvalue weighted by molar-refractivity contribution is 5.94. The summed E-state index contributed by atoms with van der Waals surface area (Å²) in [5.41, 5.74) is 0.384. The molecule has 0 unspecified atom stereocenters. The van der Waals surface area contributed by atoms with Gasteiger partial charge in [-0.2, -0.15) is 0 Å². The molecule has 7 heteroatoms. The second-order valence-electron chi connectivity index (χ2n) is 6.90. The summed E-state index contributed by atoms with van der Waals surface area (Å²) >= 11 is 0. The van der Waals surface area contributed by atoms with Gasteiger partial charge in [-0.1, -0.05) is 18.2 Å². The van der Waals surface area contributed by atoms with Gasteiger partial charge in [-0.05, 0) is 46.2 Å². The summed E-state index contributed by atoms with van der Waals surface area (Å²) in [4.78, 5) is 28.0. The molecule has 0 heterocycles. The van der Waals surface area contributed by atoms with E-state index in [1.54, 1.807) is 12.1 Å². The molecule has 0 fully saturated rings. The largest absolute Gasteiger partial charge is 0.357 e. The number of amides is 2. The topological polar surface area (TPSA) is 94.6 Å². The second kappa shape index (κ2) is 11.1. The van der Waals surface area contributed by atoms with Gasteiger partial charge in [0, 0.05) is 30.7 Å². The smallest absolute Gasteiger partial charge is 0.251 e. The molecule has 26 heavy (non-hydrogen) atoms. The number of carbonyl (C=O) groups excluding carboxylic acids is 2. The number of hydrogen-bond donors (Lipinski definition) is 4. The molecule has 0 radical (unpaired) electrons. The minimum Gasteiger partial charge on any atom is -0.357 e. The van der Waals surface area contributed by atoms with Crippen molar-refractivity contribution < 1.29 is 9.59 Å². The quantitative estimate of drug-likeness (QED) is 0.319. The summed E-state index contributed by atoms with van der Waals surface area (Å²) in [5.74, 6) is 0.390. The first-order chi connectivity index (χ1) is 12.3. The van der Waals surface area contributed by atoms with Crippen LogP contribution >= 0.6 is 0 Å². The highest BCUT2D eigenvalue weighted by Gasteiger charge is 2.13. The molecule has 0 spiro atoms. The van der Waals surface area contributed by atoms with Gasteiger partial charge >= 0.3 is 0 Å². The molecule has 1 aromatic rings. The third-order valence-electron chi connectivity index (χ3n) is 3.21. The molecule has 0 aromatic heterocycles. The molecule has 0 saturated heterocycles. The average Bonchev–Trinajstić information content (AvgIpc) is 2.58. The van der Waals surface area contributed by atoms with E-state index >= 15 is 0 Å². The van der Waals surface area contributed by atoms with Crippen LogP contribution < -0.4 is 21.3 Å². The average molecular weight is 361 g/mol. The van der Waals surface area contributed by atoms with Gasteiger partial charge in [0.1, 0.15) is 6.54 Å². The Balaban J connectivity index is 2.31. The van der Waals surface area contributed by atoms with E-state index in [0.717, 1.165) is 6.42 Å². The van der Waals surface area contributed by atoms with Crippen molar-refractivity contribution in [1.29, 1.82) is 0 Å². The van der Waals surface area contributed by atoms with Gasteiger partial charge in [0.15, 0.2) is 5.96 Å². The number of aliphatic imine (C=N–C) groups is 1. The fraction of sp³-hybridized carbons (Fsp3) is 0.526. The van der Waals surface area contributed by atoms with Crippen LogP contribution in [0.25, 0.3) is 0 Å². The van der Waals surface area contributed by atoms with E-state index in [0.29, 0.717) is 31.2 Å². The first kappa shape index (κ1) is 21.5. The van der Waals surface area contributed by atoms with Crippen LogP contribution in [0, 0.1) is 0 Å². The zero-order valence-electron chi connectivity index (χ0n) is 16.2. The molecule has 0 aliphatic heterocycles. The van der Waals surface area contributed by atoms with Crippen LogP contribution in [-0.2, 0) is 4.79 Å². The maximum atomic E-state index is 11.9. The fourth-order valence-corrected chi connectivity index (χ4v) is 2.14. The van der Waals surface area contributed by atoms with E-state index in [2.05, 4.69) is 26.3 Å². The molecule has 0 atom stereocenters. The van der Waals surface area contributed by atoms with Crippen molar-refractivity contribution in [1.82, 2.24) is 21.3 Å². The standard InChI is InChI=1S/C19H31N5O2/c1-5-20-18(23-14-16(25)24-19(2,3)4)22-13-9-12-21-17(26)15-10-7-6-8-11-15/h6-8,10-11H,5,9,12-14H2,1-4H3,(H,21,26)(H,24,25)(H2,20,22,23). The number of rotatable bonds is 8. The van der Waals surface area contributed by atoms with Crippen molar-refractivity contribution in [3.8, 4) is 0 Å². The van der Waals surface area contributed by atoms with Crippen molar-refractivity contribution in [2.45, 2.75) is 39.7 Å². The summed E-state index contributed by atoms with van der Waals surface area (Å²) in [7, 11) is 0. The van der Waals surface area contributed by atoms with Gasteiger partial charge in [-0.3, -0.25) is 9.59 Å². The lowest BCUT2D eigenvalue weighted by molar-refractivity contribution is -0.121. The summed E-state index contributed by atoms with van der Waals surface area (Å²) in [5, 5.41) is 12.0. The molecule has 0 aliphatic carbocycles. The maximum Gasteiger partial charge on any atom is 0.251 e. The van der Waals surface area contributed by atoms with Crippen LogP contribution in [0.5, 0.6) is 0 Å². The molecular formula is C19H31N5O2. The summed E-state index contributed by atoms with van der Waals surface area (Å²) in [6.45, 7) is 9.74. The van der Waals surface area contributed by atoms with E-state index in [4.69, 9.17) is 0 Å². The van der Waals surface area contributed by atoms with Crippen LogP contribution in [0.4, 0.5) is 0 Å². The number of benzene rings is 1. The molecule has 1 aromatic carbocycles. The van der Waals surface area contributed by atoms with Gasteiger partial charge in [-0.25, -0.2) is 4.99 Å². The van der Waals surface area contributed by atoms with Crippen LogP contribution in [0.2, 0.25) is 0 Å². The van der Waals surface area contributed by atoms with Gasteiger partial charge in [0.25, 0.3) is 5.91 Å². The minimum atomic E-state index is -0.269. The van der Waals surface area contributed by atoms with E-state index in [9.17, 15) is 9.59 Å². The fourth-order valence-electron chi connectivity index (χ4n) is 2.14. The molecule has 4 N–H and O–H groups in total. The summed E-state index contributed by atoms with van der Waals surface area (Å²) in [6.07, 6.45) is 0.747. The van der Waals surface area contributed by atoms with Crippen molar-refractivity contribution in [2.75, 3.05) is 26.2 Å². The predicted molar refractivity (Wildman–Crippen MR) is 105 cm³/mol. The normalized spacial score (nSPS) is 11.6. The molecule has 7 nitrogen and oxygen atoms in total. The summed E-state index contributed by atoms with van der Waals surface area (Å²) in [6, 6.07) is 9.12. The Morgan fingerprint density at radius 2 is 1.65 bits per heavy atom. The molecule has 0 aliphatic rings. The number of nitrogens with zero attached hydrogens (tertiary/aromatic N) is 1. The van der Waals surface area contributed by atoms with Gasteiger partial charge in [0.2, 0.25) is 5.91 Å². The number of guanidine groups is 1. The minimum absolute atomic E-state index is 0.0668. The zero-order valence-corrected chi connectivity index (χ0v) is 16.2. The van der Waals surface area contributed by atoms with Crippen molar-refractivity contribution in [3.63, 3.8) is 0 Å². The highest BCUT2D eigenvalue weighted by Crippen LogP contribution is 1.98. The lowest BCUT2D eigenvalue weighted by atomic mass is 10.1. The van der Waals surface area contributed by atoms with Gasteiger partial charge < -0.3 is 21.3 Å². The monoisotopic (exact) mass is 361 g/mol. The van der Waals surface area contributed by atoms with Gasteiger partial charge in [-0.15, -0.1) is 0 Å². The van der Waals surface area contributed by atoms with Crippen LogP contribution in [0.3, 0.4) is 0 Å². The molecule has 2 amide bonds. The van der Waals surface area contributed by atoms with E-state index < -0.39 is 0 Å². The molecule has 1 rings (SSSR count). The van der Waals surface area contributed by atoms with Crippen LogP contribution in [0.1, 0.15) is 44.5 Å². The Hall–Kier alpha value is -2.57. The molecule has 0 saturated carbocycles. The first-order valence-corrected chi connectivity index (χ1v) is 8.98. The van der Waals surface area contributed by atoms with Crippen LogP contribution in [0.15, 0.2) is 35.3 Å². The maximum absolute atomic E-state index is 11.9. The highest BCUT2D eigenvalue weighted by atomic mass is 16.2. The Bertz CT molecular complexity index is 594. The Kier molecular flexibility index (Phi) is 9.19. The van der Waals surface area contributed by atoms with Crippen molar-refractivity contribution >= 4 is 17.8 Å². The van der Waals surface area contributed by atoms with E-state index in [-0.39, 0.29) is 23.9 Å². The lowest BCUT2D eigenvalue weighted by Crippen LogP contribution is -2.43. The molecular weight excluding hydrogens is 330 g/mol. The van der Waals surface area contributed by atoms with Crippen LogP contribution in [-0.4, -0.2) is 49.5 Å². The van der Waals surface area contributed by atoms with E-state index in [1.165, 1.54) is 0 Å². The summed E-state index contributed by atoms with van der Waals surface area (Å²) < 4.78 is 0. The predicted octanol–water partition coefficient (Wildman–Crippen LogP) is 1.28. The van der Waals surface area contributed by atoms with Gasteiger partial charge in [0.05, 0.1) is 0 Å². The SMILES string of the molecule is CCNC(=NCC(=O)NC(C)(C)C)NCCCNC(=O)c1ccccc1. The number of nitrogens with one attached hydrogen (secondary N) is 4. The number of hydrogen-bond acceptors (Lipinski definition) is 3. The Labute approximate surface area is 156 Å². The van der Waals surface area contributed by atoms with Crippen molar-refractivity contribution in [2.24, 2.45) is 4.99 Å². The third-order valence-corrected chi connectivity index (χ3v) is 3.21. The zero-order chi connectivity index (χ0) is 19.4. The Morgan fingerprint density at radius 3 is 2.27 bits per heavy atom. The third kappa shape index (κ3) is 9.66.